The van der Waals surface area contributed by atoms with Crippen molar-refractivity contribution >= 4 is 0 Å². The first-order valence-electron chi connectivity index (χ1n) is 12.8. The normalized spacial score (nSPS) is 34.3. The van der Waals surface area contributed by atoms with Gasteiger partial charge in [-0.25, -0.2) is 0 Å². The van der Waals surface area contributed by atoms with Crippen LogP contribution in [0.3, 0.4) is 0 Å². The van der Waals surface area contributed by atoms with Gasteiger partial charge in [-0.15, -0.1) is 0 Å². The van der Waals surface area contributed by atoms with Gasteiger partial charge in [0.15, 0.2) is 0 Å². The van der Waals surface area contributed by atoms with Crippen molar-refractivity contribution in [3.8, 4) is 0 Å². The van der Waals surface area contributed by atoms with Crippen molar-refractivity contribution in [3.05, 3.63) is 35.9 Å². The average molecular weight is 428 g/mol. The van der Waals surface area contributed by atoms with Crippen molar-refractivity contribution in [2.24, 2.45) is 23.7 Å². The van der Waals surface area contributed by atoms with E-state index in [4.69, 9.17) is 9.47 Å². The summed E-state index contributed by atoms with van der Waals surface area (Å²) in [6, 6.07) is 10.8. The molecule has 4 nitrogen and oxygen atoms in total. The van der Waals surface area contributed by atoms with Gasteiger partial charge >= 0.3 is 0 Å². The van der Waals surface area contributed by atoms with Crippen LogP contribution in [-0.4, -0.2) is 61.2 Å². The van der Waals surface area contributed by atoms with Gasteiger partial charge in [-0.3, -0.25) is 0 Å². The van der Waals surface area contributed by atoms with E-state index in [2.05, 4.69) is 35.2 Å². The molecule has 4 saturated carbocycles. The highest BCUT2D eigenvalue weighted by atomic mass is 16.5. The van der Waals surface area contributed by atoms with Crippen LogP contribution in [0.2, 0.25) is 0 Å². The summed E-state index contributed by atoms with van der Waals surface area (Å²) in [5.41, 5.74) is 1.62. The Bertz CT molecular complexity index is 650. The zero-order valence-corrected chi connectivity index (χ0v) is 19.1. The maximum atomic E-state index is 10.4. The van der Waals surface area contributed by atoms with E-state index in [0.717, 1.165) is 43.3 Å². The van der Waals surface area contributed by atoms with Crippen LogP contribution in [0.5, 0.6) is 0 Å². The number of nitrogens with zero attached hydrogens (tertiary/aromatic N) is 1. The fourth-order valence-corrected chi connectivity index (χ4v) is 7.42. The Balaban J connectivity index is 0.941. The molecule has 0 aromatic heterocycles. The second kappa shape index (κ2) is 9.91. The minimum absolute atomic E-state index is 0.167. The predicted molar refractivity (Wildman–Crippen MR) is 123 cm³/mol. The van der Waals surface area contributed by atoms with E-state index < -0.39 is 6.10 Å². The lowest BCUT2D eigenvalue weighted by Gasteiger charge is -2.56. The number of benzene rings is 1. The standard InChI is InChI=1S/C27H41NO3/c29-26(19-28-8-6-22(7-9-28)12-21-4-2-1-3-5-21)20-30-10-11-31-27-16-23-13-24(17-27)15-25(14-23)18-27/h1-5,22-26,29H,6-20H2. The van der Waals surface area contributed by atoms with Crippen LogP contribution in [0.25, 0.3) is 0 Å². The van der Waals surface area contributed by atoms with Crippen molar-refractivity contribution in [1.82, 2.24) is 4.90 Å². The lowest BCUT2D eigenvalue weighted by molar-refractivity contribution is -0.170. The van der Waals surface area contributed by atoms with Crippen molar-refractivity contribution < 1.29 is 14.6 Å². The minimum Gasteiger partial charge on any atom is -0.389 e. The van der Waals surface area contributed by atoms with E-state index in [9.17, 15) is 5.11 Å². The molecule has 5 fully saturated rings. The monoisotopic (exact) mass is 427 g/mol. The van der Waals surface area contributed by atoms with Crippen molar-refractivity contribution in [1.29, 1.82) is 0 Å². The summed E-state index contributed by atoms with van der Waals surface area (Å²) < 4.78 is 12.2. The predicted octanol–water partition coefficient (Wildman–Crippen LogP) is 4.30. The lowest BCUT2D eigenvalue weighted by atomic mass is 9.54. The molecular weight excluding hydrogens is 386 g/mol. The maximum absolute atomic E-state index is 10.4. The Morgan fingerprint density at radius 3 is 2.23 bits per heavy atom. The average Bonchev–Trinajstić information content (AvgIpc) is 2.75. The van der Waals surface area contributed by atoms with Crippen LogP contribution < -0.4 is 0 Å². The van der Waals surface area contributed by atoms with E-state index in [1.165, 1.54) is 63.4 Å². The minimum atomic E-state index is -0.398. The van der Waals surface area contributed by atoms with E-state index in [1.54, 1.807) is 0 Å². The van der Waals surface area contributed by atoms with Crippen LogP contribution in [0, 0.1) is 23.7 Å². The van der Waals surface area contributed by atoms with Crippen LogP contribution in [0.4, 0.5) is 0 Å². The molecule has 172 valence electrons. The molecule has 0 amide bonds. The number of aliphatic hydroxyl groups excluding tert-OH is 1. The molecule has 1 atom stereocenters. The number of piperidine rings is 1. The molecule has 0 spiro atoms. The largest absolute Gasteiger partial charge is 0.389 e. The SMILES string of the molecule is OC(COCCOC12CC3CC(CC(C3)C1)C2)CN1CCC(Cc2ccccc2)CC1. The Hall–Kier alpha value is -0.940. The number of ether oxygens (including phenoxy) is 2. The number of aliphatic hydroxyl groups is 1. The Morgan fingerprint density at radius 2 is 1.58 bits per heavy atom. The summed E-state index contributed by atoms with van der Waals surface area (Å²) in [5, 5.41) is 10.4. The summed E-state index contributed by atoms with van der Waals surface area (Å²) in [4.78, 5) is 2.40. The number of hydrogen-bond donors (Lipinski definition) is 1. The highest BCUT2D eigenvalue weighted by molar-refractivity contribution is 5.15. The fraction of sp³-hybridized carbons (Fsp3) is 0.778. The van der Waals surface area contributed by atoms with Crippen molar-refractivity contribution in [2.75, 3.05) is 39.5 Å². The van der Waals surface area contributed by atoms with Crippen LogP contribution in [-0.2, 0) is 15.9 Å². The molecule has 4 aliphatic carbocycles. The zero-order valence-electron chi connectivity index (χ0n) is 19.1. The first-order chi connectivity index (χ1) is 15.2. The van der Waals surface area contributed by atoms with Gasteiger partial charge in [-0.05, 0) is 100 Å². The number of likely N-dealkylation sites (tertiary alicyclic amines) is 1. The summed E-state index contributed by atoms with van der Waals surface area (Å²) in [6.45, 7) is 4.62. The van der Waals surface area contributed by atoms with E-state index in [0.29, 0.717) is 19.8 Å². The van der Waals surface area contributed by atoms with Gasteiger partial charge < -0.3 is 19.5 Å². The van der Waals surface area contributed by atoms with Crippen LogP contribution >= 0.6 is 0 Å². The Kier molecular flexibility index (Phi) is 6.99. The summed E-state index contributed by atoms with van der Waals surface area (Å²) >= 11 is 0. The third kappa shape index (κ3) is 5.71. The quantitative estimate of drug-likeness (QED) is 0.565. The Morgan fingerprint density at radius 1 is 0.935 bits per heavy atom. The lowest BCUT2D eigenvalue weighted by Crippen LogP contribution is -2.52. The zero-order chi connectivity index (χ0) is 21.1. The van der Waals surface area contributed by atoms with Crippen LogP contribution in [0.15, 0.2) is 30.3 Å². The van der Waals surface area contributed by atoms with E-state index >= 15 is 0 Å². The second-order valence-corrected chi connectivity index (χ2v) is 11.1. The molecule has 1 aromatic carbocycles. The summed E-state index contributed by atoms with van der Waals surface area (Å²) in [6.07, 6.45) is 11.4. The van der Waals surface area contributed by atoms with Gasteiger partial charge in [-0.1, -0.05) is 30.3 Å². The molecule has 1 unspecified atom stereocenters. The molecule has 4 heteroatoms. The van der Waals surface area contributed by atoms with Gasteiger partial charge in [-0.2, -0.15) is 0 Å². The van der Waals surface area contributed by atoms with Gasteiger partial charge in [0, 0.05) is 6.54 Å². The summed E-state index contributed by atoms with van der Waals surface area (Å²) in [7, 11) is 0. The molecule has 6 rings (SSSR count). The Labute approximate surface area is 188 Å². The number of hydrogen-bond acceptors (Lipinski definition) is 4. The van der Waals surface area contributed by atoms with Gasteiger partial charge in [0.1, 0.15) is 0 Å². The molecule has 1 saturated heterocycles. The first-order valence-corrected chi connectivity index (χ1v) is 12.8. The molecule has 5 aliphatic rings. The molecule has 31 heavy (non-hydrogen) atoms. The maximum Gasteiger partial charge on any atom is 0.0900 e. The second-order valence-electron chi connectivity index (χ2n) is 11.1. The van der Waals surface area contributed by atoms with Crippen LogP contribution in [0.1, 0.15) is 56.9 Å². The van der Waals surface area contributed by atoms with Gasteiger partial charge in [0.05, 0.1) is 31.5 Å². The molecule has 4 bridgehead atoms. The first kappa shape index (κ1) is 21.9. The third-order valence-corrected chi connectivity index (χ3v) is 8.47. The summed E-state index contributed by atoms with van der Waals surface area (Å²) in [5.74, 6) is 3.54. The van der Waals surface area contributed by atoms with E-state index in [-0.39, 0.29) is 5.60 Å². The number of β-amino-alcohol motifs (C(OH)–C–C–N with tert-alkyl or cyclic N) is 1. The van der Waals surface area contributed by atoms with Gasteiger partial charge in [0.2, 0.25) is 0 Å². The third-order valence-electron chi connectivity index (χ3n) is 8.47. The topological polar surface area (TPSA) is 41.9 Å². The highest BCUT2D eigenvalue weighted by Crippen LogP contribution is 2.57. The highest BCUT2D eigenvalue weighted by Gasteiger charge is 2.51. The molecule has 1 N–H and O–H groups in total. The number of rotatable bonds is 10. The molecule has 0 radical (unpaired) electrons. The smallest absolute Gasteiger partial charge is 0.0900 e. The fourth-order valence-electron chi connectivity index (χ4n) is 7.42. The molecule has 1 aromatic rings. The molecular formula is C27H41NO3. The molecule has 1 heterocycles. The van der Waals surface area contributed by atoms with Gasteiger partial charge in [0.25, 0.3) is 0 Å². The molecule has 1 aliphatic heterocycles. The van der Waals surface area contributed by atoms with Crippen molar-refractivity contribution in [2.45, 2.75) is 69.5 Å². The van der Waals surface area contributed by atoms with E-state index in [1.807, 2.05) is 0 Å². The van der Waals surface area contributed by atoms with Crippen molar-refractivity contribution in [3.63, 3.8) is 0 Å².